The van der Waals surface area contributed by atoms with Crippen molar-refractivity contribution in [1.29, 1.82) is 0 Å². The fourth-order valence-corrected chi connectivity index (χ4v) is 2.34. The third-order valence-corrected chi connectivity index (χ3v) is 3.51. The van der Waals surface area contributed by atoms with Gasteiger partial charge in [0.1, 0.15) is 0 Å². The third kappa shape index (κ3) is 5.10. The summed E-state index contributed by atoms with van der Waals surface area (Å²) < 4.78 is 0. The fraction of sp³-hybridized carbons (Fsp3) is 0.600. The van der Waals surface area contributed by atoms with Crippen molar-refractivity contribution in [2.45, 2.75) is 46.1 Å². The number of halogens is 1. The van der Waals surface area contributed by atoms with Gasteiger partial charge in [-0.1, -0.05) is 44.5 Å². The van der Waals surface area contributed by atoms with Crippen molar-refractivity contribution in [3.63, 3.8) is 0 Å². The average Bonchev–Trinajstić information content (AvgIpc) is 2.33. The molecule has 96 valence electrons. The van der Waals surface area contributed by atoms with Gasteiger partial charge in [0.15, 0.2) is 0 Å². The van der Waals surface area contributed by atoms with Crippen LogP contribution in [0.25, 0.3) is 0 Å². The maximum Gasteiger partial charge on any atom is 0.0406 e. The van der Waals surface area contributed by atoms with E-state index in [0.29, 0.717) is 12.0 Å². The average molecular weight is 254 g/mol. The van der Waals surface area contributed by atoms with Crippen LogP contribution in [-0.2, 0) is 6.42 Å². The molecule has 0 aliphatic heterocycles. The minimum atomic E-state index is 0.616. The van der Waals surface area contributed by atoms with Crippen LogP contribution in [0.15, 0.2) is 24.3 Å². The molecule has 1 aromatic carbocycles. The van der Waals surface area contributed by atoms with Gasteiger partial charge in [-0.15, -0.1) is 0 Å². The molecule has 1 N–H and O–H groups in total. The first-order valence-corrected chi connectivity index (χ1v) is 7.03. The quantitative estimate of drug-likeness (QED) is 0.764. The monoisotopic (exact) mass is 253 g/mol. The van der Waals surface area contributed by atoms with Gasteiger partial charge in [0.05, 0.1) is 0 Å². The first-order chi connectivity index (χ1) is 8.17. The summed E-state index contributed by atoms with van der Waals surface area (Å²) in [5.74, 6) is 0.660. The lowest BCUT2D eigenvalue weighted by Crippen LogP contribution is -2.35. The molecule has 0 amide bonds. The molecular weight excluding hydrogens is 230 g/mol. The van der Waals surface area contributed by atoms with Gasteiger partial charge in [0.25, 0.3) is 0 Å². The SMILES string of the molecule is CCCNC(CC)C(C)Cc1ccc(Cl)cc1. The predicted molar refractivity (Wildman–Crippen MR) is 76.7 cm³/mol. The highest BCUT2D eigenvalue weighted by Crippen LogP contribution is 2.16. The number of benzene rings is 1. The van der Waals surface area contributed by atoms with Crippen LogP contribution in [0.5, 0.6) is 0 Å². The highest BCUT2D eigenvalue weighted by atomic mass is 35.5. The Kier molecular flexibility index (Phi) is 6.61. The summed E-state index contributed by atoms with van der Waals surface area (Å²) in [6.07, 6.45) is 3.51. The van der Waals surface area contributed by atoms with Crippen molar-refractivity contribution in [2.75, 3.05) is 6.54 Å². The van der Waals surface area contributed by atoms with E-state index in [1.807, 2.05) is 12.1 Å². The van der Waals surface area contributed by atoms with Crippen molar-refractivity contribution in [1.82, 2.24) is 5.32 Å². The molecular formula is C15H24ClN. The van der Waals surface area contributed by atoms with Gasteiger partial charge in [-0.2, -0.15) is 0 Å². The van der Waals surface area contributed by atoms with E-state index in [9.17, 15) is 0 Å². The molecule has 1 aromatic rings. The zero-order valence-electron chi connectivity index (χ0n) is 11.2. The van der Waals surface area contributed by atoms with Crippen LogP contribution in [0.4, 0.5) is 0 Å². The topological polar surface area (TPSA) is 12.0 Å². The molecule has 0 saturated heterocycles. The lowest BCUT2D eigenvalue weighted by molar-refractivity contribution is 0.365. The molecule has 0 spiro atoms. The normalized spacial score (nSPS) is 14.6. The van der Waals surface area contributed by atoms with E-state index >= 15 is 0 Å². The van der Waals surface area contributed by atoms with Crippen molar-refractivity contribution < 1.29 is 0 Å². The molecule has 0 fully saturated rings. The summed E-state index contributed by atoms with van der Waals surface area (Å²) in [5, 5.41) is 4.44. The molecule has 2 heteroatoms. The van der Waals surface area contributed by atoms with Gasteiger partial charge in [0, 0.05) is 11.1 Å². The highest BCUT2D eigenvalue weighted by Gasteiger charge is 2.14. The zero-order chi connectivity index (χ0) is 12.7. The van der Waals surface area contributed by atoms with Crippen molar-refractivity contribution >= 4 is 11.6 Å². The van der Waals surface area contributed by atoms with Gasteiger partial charge in [-0.3, -0.25) is 0 Å². The Labute approximate surface area is 111 Å². The summed E-state index contributed by atoms with van der Waals surface area (Å²) in [6, 6.07) is 8.83. The molecule has 0 aliphatic carbocycles. The summed E-state index contributed by atoms with van der Waals surface area (Å²) in [6.45, 7) is 7.91. The smallest absolute Gasteiger partial charge is 0.0406 e. The summed E-state index contributed by atoms with van der Waals surface area (Å²) >= 11 is 5.89. The summed E-state index contributed by atoms with van der Waals surface area (Å²) in [5.41, 5.74) is 1.37. The van der Waals surface area contributed by atoms with Crippen molar-refractivity contribution in [3.05, 3.63) is 34.9 Å². The Balaban J connectivity index is 2.51. The molecule has 17 heavy (non-hydrogen) atoms. The highest BCUT2D eigenvalue weighted by molar-refractivity contribution is 6.30. The van der Waals surface area contributed by atoms with Gasteiger partial charge >= 0.3 is 0 Å². The molecule has 0 saturated carbocycles. The summed E-state index contributed by atoms with van der Waals surface area (Å²) in [7, 11) is 0. The van der Waals surface area contributed by atoms with Gasteiger partial charge in [-0.05, 0) is 49.4 Å². The largest absolute Gasteiger partial charge is 0.314 e. The third-order valence-electron chi connectivity index (χ3n) is 3.25. The Morgan fingerprint density at radius 1 is 1.18 bits per heavy atom. The predicted octanol–water partition coefficient (Wildman–Crippen LogP) is 4.30. The molecule has 2 unspecified atom stereocenters. The number of rotatable bonds is 7. The van der Waals surface area contributed by atoms with E-state index in [0.717, 1.165) is 18.0 Å². The Hall–Kier alpha value is -0.530. The first-order valence-electron chi connectivity index (χ1n) is 6.65. The second kappa shape index (κ2) is 7.73. The van der Waals surface area contributed by atoms with Gasteiger partial charge in [-0.25, -0.2) is 0 Å². The van der Waals surface area contributed by atoms with E-state index in [1.54, 1.807) is 0 Å². The maximum absolute atomic E-state index is 5.89. The number of hydrogen-bond donors (Lipinski definition) is 1. The van der Waals surface area contributed by atoms with Crippen LogP contribution in [-0.4, -0.2) is 12.6 Å². The van der Waals surface area contributed by atoms with Crippen molar-refractivity contribution in [2.24, 2.45) is 5.92 Å². The Morgan fingerprint density at radius 2 is 1.82 bits per heavy atom. The molecule has 1 nitrogen and oxygen atoms in total. The molecule has 0 heterocycles. The van der Waals surface area contributed by atoms with Crippen LogP contribution in [0.3, 0.4) is 0 Å². The zero-order valence-corrected chi connectivity index (χ0v) is 11.9. The second-order valence-electron chi connectivity index (χ2n) is 4.78. The molecule has 2 atom stereocenters. The van der Waals surface area contributed by atoms with E-state index in [-0.39, 0.29) is 0 Å². The summed E-state index contributed by atoms with van der Waals surface area (Å²) in [4.78, 5) is 0. The van der Waals surface area contributed by atoms with Gasteiger partial charge < -0.3 is 5.32 Å². The first kappa shape index (κ1) is 14.5. The van der Waals surface area contributed by atoms with E-state index in [4.69, 9.17) is 11.6 Å². The van der Waals surface area contributed by atoms with Crippen LogP contribution < -0.4 is 5.32 Å². The van der Waals surface area contributed by atoms with Crippen LogP contribution in [0.1, 0.15) is 39.2 Å². The number of nitrogens with one attached hydrogen (secondary N) is 1. The standard InChI is InChI=1S/C15H24ClN/c1-4-10-17-15(5-2)12(3)11-13-6-8-14(16)9-7-13/h6-9,12,15,17H,4-5,10-11H2,1-3H3. The van der Waals surface area contributed by atoms with E-state index in [2.05, 4.69) is 38.2 Å². The van der Waals surface area contributed by atoms with E-state index < -0.39 is 0 Å². The van der Waals surface area contributed by atoms with E-state index in [1.165, 1.54) is 18.4 Å². The lowest BCUT2D eigenvalue weighted by atomic mass is 9.92. The molecule has 1 rings (SSSR count). The Bertz CT molecular complexity index is 307. The number of hydrogen-bond acceptors (Lipinski definition) is 1. The minimum absolute atomic E-state index is 0.616. The second-order valence-corrected chi connectivity index (χ2v) is 5.21. The van der Waals surface area contributed by atoms with Crippen LogP contribution in [0.2, 0.25) is 5.02 Å². The molecule has 0 bridgehead atoms. The van der Waals surface area contributed by atoms with Gasteiger partial charge in [0.2, 0.25) is 0 Å². The maximum atomic E-state index is 5.89. The molecule has 0 radical (unpaired) electrons. The fourth-order valence-electron chi connectivity index (χ4n) is 2.21. The molecule has 0 aliphatic rings. The minimum Gasteiger partial charge on any atom is -0.314 e. The van der Waals surface area contributed by atoms with Crippen LogP contribution in [0, 0.1) is 5.92 Å². The van der Waals surface area contributed by atoms with Crippen LogP contribution >= 0.6 is 11.6 Å². The van der Waals surface area contributed by atoms with Crippen molar-refractivity contribution in [3.8, 4) is 0 Å². The Morgan fingerprint density at radius 3 is 2.35 bits per heavy atom. The lowest BCUT2D eigenvalue weighted by Gasteiger charge is -2.24. The molecule has 0 aromatic heterocycles.